The van der Waals surface area contributed by atoms with E-state index in [2.05, 4.69) is 5.32 Å². The van der Waals surface area contributed by atoms with Crippen LogP contribution < -0.4 is 5.32 Å². The lowest BCUT2D eigenvalue weighted by Gasteiger charge is -2.41. The molecule has 0 unspecified atom stereocenters. The molecular weight excluding hydrogens is 232 g/mol. The van der Waals surface area contributed by atoms with Gasteiger partial charge >= 0.3 is 0 Å². The van der Waals surface area contributed by atoms with Gasteiger partial charge in [-0.1, -0.05) is 0 Å². The first kappa shape index (κ1) is 13.8. The van der Waals surface area contributed by atoms with Crippen LogP contribution in [0.15, 0.2) is 0 Å². The molecule has 0 radical (unpaired) electrons. The minimum Gasteiger partial charge on any atom is -0.380 e. The van der Waals surface area contributed by atoms with Crippen molar-refractivity contribution in [1.82, 2.24) is 10.2 Å². The van der Waals surface area contributed by atoms with Gasteiger partial charge in [-0.2, -0.15) is 0 Å². The zero-order valence-electron chi connectivity index (χ0n) is 11.4. The summed E-state index contributed by atoms with van der Waals surface area (Å²) in [5, 5.41) is 3.28. The molecule has 0 saturated carbocycles. The van der Waals surface area contributed by atoms with Crippen LogP contribution in [0.25, 0.3) is 0 Å². The topological polar surface area (TPSA) is 50.8 Å². The van der Waals surface area contributed by atoms with E-state index in [1.54, 1.807) is 14.2 Å². The molecule has 5 heteroatoms. The summed E-state index contributed by atoms with van der Waals surface area (Å²) >= 11 is 0. The van der Waals surface area contributed by atoms with E-state index in [-0.39, 0.29) is 12.0 Å². The van der Waals surface area contributed by atoms with Gasteiger partial charge in [-0.25, -0.2) is 0 Å². The fourth-order valence-electron chi connectivity index (χ4n) is 2.94. The summed E-state index contributed by atoms with van der Waals surface area (Å²) in [5.74, 6) is 0.147. The Bertz CT molecular complexity index is 290. The van der Waals surface area contributed by atoms with Crippen molar-refractivity contribution in [3.63, 3.8) is 0 Å². The van der Waals surface area contributed by atoms with Gasteiger partial charge in [-0.05, 0) is 38.8 Å². The number of likely N-dealkylation sites (tertiary alicyclic amines) is 1. The van der Waals surface area contributed by atoms with Crippen LogP contribution in [0.3, 0.4) is 0 Å². The first-order valence-electron chi connectivity index (χ1n) is 6.80. The van der Waals surface area contributed by atoms with Crippen LogP contribution in [0, 0.1) is 0 Å². The number of carbonyl (C=O) groups excluding carboxylic acids is 1. The summed E-state index contributed by atoms with van der Waals surface area (Å²) in [6, 6.07) is 0. The maximum Gasteiger partial charge on any atom is 0.254 e. The molecule has 2 aliphatic rings. The van der Waals surface area contributed by atoms with Gasteiger partial charge in [0.1, 0.15) is 5.60 Å². The molecule has 0 aromatic heterocycles. The van der Waals surface area contributed by atoms with Crippen molar-refractivity contribution in [2.24, 2.45) is 0 Å². The van der Waals surface area contributed by atoms with Crippen molar-refractivity contribution in [3.05, 3.63) is 0 Å². The number of rotatable bonds is 3. The number of hydrogen-bond acceptors (Lipinski definition) is 4. The molecule has 0 aromatic carbocycles. The number of piperidine rings is 2. The molecule has 2 heterocycles. The summed E-state index contributed by atoms with van der Waals surface area (Å²) in [7, 11) is 3.37. The van der Waals surface area contributed by atoms with E-state index in [1.165, 1.54) is 0 Å². The van der Waals surface area contributed by atoms with E-state index in [1.807, 2.05) is 4.90 Å². The lowest BCUT2D eigenvalue weighted by molar-refractivity contribution is -0.161. The normalized spacial score (nSPS) is 28.1. The lowest BCUT2D eigenvalue weighted by Crippen LogP contribution is -2.57. The first-order chi connectivity index (χ1) is 8.72. The number of nitrogens with one attached hydrogen (secondary N) is 1. The molecular formula is C13H24N2O3. The van der Waals surface area contributed by atoms with Crippen LogP contribution in [0.2, 0.25) is 0 Å². The van der Waals surface area contributed by atoms with E-state index in [0.717, 1.165) is 45.3 Å². The smallest absolute Gasteiger partial charge is 0.254 e. The molecule has 2 fully saturated rings. The van der Waals surface area contributed by atoms with Crippen LogP contribution in [0.5, 0.6) is 0 Å². The highest BCUT2D eigenvalue weighted by Gasteiger charge is 2.43. The Morgan fingerprint density at radius 3 is 2.67 bits per heavy atom. The Balaban J connectivity index is 2.04. The second-order valence-electron chi connectivity index (χ2n) is 5.20. The van der Waals surface area contributed by atoms with Gasteiger partial charge in [0.25, 0.3) is 5.91 Å². The van der Waals surface area contributed by atoms with Crippen molar-refractivity contribution >= 4 is 5.91 Å². The van der Waals surface area contributed by atoms with Gasteiger partial charge in [0.2, 0.25) is 0 Å². The summed E-state index contributed by atoms with van der Waals surface area (Å²) in [5.41, 5.74) is -0.610. The molecule has 0 spiro atoms. The third-order valence-electron chi connectivity index (χ3n) is 4.19. The van der Waals surface area contributed by atoms with Crippen molar-refractivity contribution in [1.29, 1.82) is 0 Å². The number of amides is 1. The summed E-state index contributed by atoms with van der Waals surface area (Å²) in [6.07, 6.45) is 3.76. The Morgan fingerprint density at radius 1 is 1.33 bits per heavy atom. The zero-order valence-corrected chi connectivity index (χ0v) is 11.4. The molecule has 0 bridgehead atoms. The molecule has 2 saturated heterocycles. The third-order valence-corrected chi connectivity index (χ3v) is 4.19. The van der Waals surface area contributed by atoms with Gasteiger partial charge in [-0.15, -0.1) is 0 Å². The average molecular weight is 256 g/mol. The minimum atomic E-state index is -0.610. The fraction of sp³-hybridized carbons (Fsp3) is 0.923. The second-order valence-corrected chi connectivity index (χ2v) is 5.20. The zero-order chi connectivity index (χ0) is 13.0. The van der Waals surface area contributed by atoms with E-state index >= 15 is 0 Å². The predicted octanol–water partition coefficient (Wildman–Crippen LogP) is 0.392. The highest BCUT2D eigenvalue weighted by Crippen LogP contribution is 2.27. The van der Waals surface area contributed by atoms with Gasteiger partial charge in [0.05, 0.1) is 6.10 Å². The Labute approximate surface area is 109 Å². The van der Waals surface area contributed by atoms with E-state index in [4.69, 9.17) is 9.47 Å². The Hall–Kier alpha value is -0.650. The van der Waals surface area contributed by atoms with Gasteiger partial charge < -0.3 is 19.7 Å². The van der Waals surface area contributed by atoms with Crippen molar-refractivity contribution < 1.29 is 14.3 Å². The number of methoxy groups -OCH3 is 2. The van der Waals surface area contributed by atoms with Crippen molar-refractivity contribution in [2.45, 2.75) is 37.4 Å². The van der Waals surface area contributed by atoms with E-state index < -0.39 is 5.60 Å². The predicted molar refractivity (Wildman–Crippen MR) is 68.5 cm³/mol. The average Bonchev–Trinajstić information content (AvgIpc) is 2.47. The molecule has 1 amide bonds. The van der Waals surface area contributed by atoms with Crippen LogP contribution in [0.4, 0.5) is 0 Å². The lowest BCUT2D eigenvalue weighted by atomic mass is 9.89. The van der Waals surface area contributed by atoms with Crippen LogP contribution >= 0.6 is 0 Å². The fourth-order valence-corrected chi connectivity index (χ4v) is 2.94. The van der Waals surface area contributed by atoms with Crippen LogP contribution in [-0.2, 0) is 14.3 Å². The number of hydrogen-bond donors (Lipinski definition) is 1. The van der Waals surface area contributed by atoms with Gasteiger partial charge in [0, 0.05) is 27.3 Å². The van der Waals surface area contributed by atoms with E-state index in [0.29, 0.717) is 6.54 Å². The first-order valence-corrected chi connectivity index (χ1v) is 6.80. The third kappa shape index (κ3) is 2.68. The van der Waals surface area contributed by atoms with Crippen LogP contribution in [-0.4, -0.2) is 62.9 Å². The van der Waals surface area contributed by atoms with Crippen molar-refractivity contribution in [3.8, 4) is 0 Å². The van der Waals surface area contributed by atoms with Crippen LogP contribution in [0.1, 0.15) is 25.7 Å². The molecule has 18 heavy (non-hydrogen) atoms. The monoisotopic (exact) mass is 256 g/mol. The Morgan fingerprint density at radius 2 is 2.06 bits per heavy atom. The standard InChI is InChI=1S/C13H24N2O3/c1-17-11-4-3-9-15(10-11)12(16)13(18-2)5-7-14-8-6-13/h11,14H,3-10H2,1-2H3/t11-/m0/s1. The van der Waals surface area contributed by atoms with Crippen molar-refractivity contribution in [2.75, 3.05) is 40.4 Å². The molecule has 0 aliphatic carbocycles. The molecule has 5 nitrogen and oxygen atoms in total. The minimum absolute atomic E-state index is 0.147. The second kappa shape index (κ2) is 5.99. The van der Waals surface area contributed by atoms with Gasteiger partial charge in [-0.3, -0.25) is 4.79 Å². The SMILES string of the molecule is CO[C@H]1CCCN(C(=O)C2(OC)CCNCC2)C1. The molecule has 2 rings (SSSR count). The van der Waals surface area contributed by atoms with Gasteiger partial charge in [0.15, 0.2) is 0 Å². The number of nitrogens with zero attached hydrogens (tertiary/aromatic N) is 1. The summed E-state index contributed by atoms with van der Waals surface area (Å²) in [6.45, 7) is 3.23. The molecule has 104 valence electrons. The molecule has 1 N–H and O–H groups in total. The highest BCUT2D eigenvalue weighted by molar-refractivity contribution is 5.85. The number of ether oxygens (including phenoxy) is 2. The molecule has 0 aromatic rings. The largest absolute Gasteiger partial charge is 0.380 e. The maximum absolute atomic E-state index is 12.7. The summed E-state index contributed by atoms with van der Waals surface area (Å²) in [4.78, 5) is 14.6. The highest BCUT2D eigenvalue weighted by atomic mass is 16.5. The molecule has 1 atom stereocenters. The Kier molecular flexibility index (Phi) is 4.59. The summed E-state index contributed by atoms with van der Waals surface area (Å²) < 4.78 is 11.0. The van der Waals surface area contributed by atoms with E-state index in [9.17, 15) is 4.79 Å². The maximum atomic E-state index is 12.7. The quantitative estimate of drug-likeness (QED) is 0.794. The molecule has 2 aliphatic heterocycles. The number of carbonyl (C=O) groups is 1.